The Bertz CT molecular complexity index is 1290. The molecule has 3 unspecified atom stereocenters. The molecule has 0 aliphatic carbocycles. The number of allylic oxidation sites excluding steroid dienone is 16. The van der Waals surface area contributed by atoms with Crippen LogP contribution in [0, 0.1) is 0 Å². The molecule has 0 heterocycles. The number of esters is 1. The Morgan fingerprint density at radius 3 is 1.29 bits per heavy atom. The summed E-state index contributed by atoms with van der Waals surface area (Å²) >= 11 is 0. The number of unbranched alkanes of at least 4 members (excludes halogenated alkanes) is 19. The highest BCUT2D eigenvalue weighted by Crippen LogP contribution is 2.17. The van der Waals surface area contributed by atoms with E-state index in [0.717, 1.165) is 109 Å². The van der Waals surface area contributed by atoms with Crippen molar-refractivity contribution in [3.8, 4) is 0 Å². The number of carbonyl (C=O) groups is 2. The molecule has 0 aromatic heterocycles. The highest BCUT2D eigenvalue weighted by molar-refractivity contribution is 5.77. The molecule has 3 atom stereocenters. The van der Waals surface area contributed by atoms with Crippen LogP contribution < -0.4 is 5.32 Å². The lowest BCUT2D eigenvalue weighted by Gasteiger charge is -2.24. The van der Waals surface area contributed by atoms with Crippen molar-refractivity contribution in [3.63, 3.8) is 0 Å². The maximum Gasteiger partial charge on any atom is 0.306 e. The number of nitrogens with one attached hydrogen (secondary N) is 1. The molecule has 0 radical (unpaired) electrons. The van der Waals surface area contributed by atoms with Crippen LogP contribution in [0.4, 0.5) is 0 Å². The van der Waals surface area contributed by atoms with Crippen molar-refractivity contribution in [2.45, 2.75) is 257 Å². The standard InChI is InChI=1S/C59H101NO5/c1-4-7-10-13-16-19-22-25-27-28-29-30-32-34-37-40-43-46-49-52-59(64)65-55(50-47-44-41-38-35-33-31-26-23-20-17-14-11-8-5-2)53-58(63)60-56(54-61)57(62)51-48-45-42-39-36-24-21-18-15-12-9-6-3/h7,10,16-17,19-20,25-27,29-31,34-35,37-38,55-57,61-62H,4-6,8-9,11-15,18,21-24,28,32-33,36,39-54H2,1-3H3,(H,60,63)/b10-7-,19-16-,20-17-,27-25-,30-29-,31-26-,37-34-,38-35-. The normalized spacial score (nSPS) is 14.0. The number of aliphatic hydroxyl groups is 2. The highest BCUT2D eigenvalue weighted by atomic mass is 16.5. The van der Waals surface area contributed by atoms with Gasteiger partial charge in [-0.25, -0.2) is 0 Å². The van der Waals surface area contributed by atoms with Gasteiger partial charge < -0.3 is 20.3 Å². The van der Waals surface area contributed by atoms with Gasteiger partial charge in [-0.05, 0) is 109 Å². The molecule has 0 saturated carbocycles. The van der Waals surface area contributed by atoms with Crippen LogP contribution in [0.3, 0.4) is 0 Å². The molecule has 1 amide bonds. The molecule has 372 valence electrons. The number of carbonyl (C=O) groups excluding carboxylic acids is 2. The summed E-state index contributed by atoms with van der Waals surface area (Å²) in [5.74, 6) is -0.555. The molecule has 0 aromatic carbocycles. The summed E-state index contributed by atoms with van der Waals surface area (Å²) in [6, 6.07) is -0.726. The first-order valence-electron chi connectivity index (χ1n) is 27.0. The summed E-state index contributed by atoms with van der Waals surface area (Å²) in [5, 5.41) is 23.8. The van der Waals surface area contributed by atoms with Gasteiger partial charge in [0.15, 0.2) is 0 Å². The second-order valence-corrected chi connectivity index (χ2v) is 17.9. The number of rotatable bonds is 47. The van der Waals surface area contributed by atoms with Gasteiger partial charge in [-0.15, -0.1) is 0 Å². The molecule has 0 aliphatic rings. The minimum Gasteiger partial charge on any atom is -0.462 e. The van der Waals surface area contributed by atoms with Gasteiger partial charge in [-0.3, -0.25) is 9.59 Å². The van der Waals surface area contributed by atoms with Gasteiger partial charge in [-0.1, -0.05) is 214 Å². The van der Waals surface area contributed by atoms with Crippen molar-refractivity contribution >= 4 is 11.9 Å². The van der Waals surface area contributed by atoms with Gasteiger partial charge in [-0.2, -0.15) is 0 Å². The molecule has 6 heteroatoms. The predicted molar refractivity (Wildman–Crippen MR) is 282 cm³/mol. The van der Waals surface area contributed by atoms with E-state index < -0.39 is 18.2 Å². The zero-order chi connectivity index (χ0) is 47.4. The third kappa shape index (κ3) is 47.1. The van der Waals surface area contributed by atoms with Crippen molar-refractivity contribution in [1.82, 2.24) is 5.32 Å². The van der Waals surface area contributed by atoms with Crippen LogP contribution in [0.15, 0.2) is 97.2 Å². The molecule has 0 fully saturated rings. The van der Waals surface area contributed by atoms with E-state index in [0.29, 0.717) is 19.3 Å². The molecule has 3 N–H and O–H groups in total. The van der Waals surface area contributed by atoms with Crippen molar-refractivity contribution in [2.75, 3.05) is 6.61 Å². The van der Waals surface area contributed by atoms with E-state index in [1.165, 1.54) is 83.5 Å². The highest BCUT2D eigenvalue weighted by Gasteiger charge is 2.24. The summed E-state index contributed by atoms with van der Waals surface area (Å²) in [6.07, 6.45) is 68.9. The summed E-state index contributed by atoms with van der Waals surface area (Å²) in [4.78, 5) is 26.2. The lowest BCUT2D eigenvalue weighted by atomic mass is 10.0. The molecule has 0 bridgehead atoms. The topological polar surface area (TPSA) is 95.9 Å². The van der Waals surface area contributed by atoms with Gasteiger partial charge in [0, 0.05) is 6.42 Å². The minimum absolute atomic E-state index is 0.0331. The van der Waals surface area contributed by atoms with Crippen LogP contribution in [0.25, 0.3) is 0 Å². The molecular formula is C59H101NO5. The largest absolute Gasteiger partial charge is 0.462 e. The molecule has 0 spiro atoms. The van der Waals surface area contributed by atoms with Gasteiger partial charge in [0.25, 0.3) is 0 Å². The van der Waals surface area contributed by atoms with E-state index in [4.69, 9.17) is 4.74 Å². The smallest absolute Gasteiger partial charge is 0.306 e. The fourth-order valence-electron chi connectivity index (χ4n) is 7.58. The third-order valence-corrected chi connectivity index (χ3v) is 11.6. The molecule has 65 heavy (non-hydrogen) atoms. The predicted octanol–water partition coefficient (Wildman–Crippen LogP) is 16.5. The number of hydrogen-bond donors (Lipinski definition) is 3. The Hall–Kier alpha value is -3.22. The van der Waals surface area contributed by atoms with Gasteiger partial charge in [0.1, 0.15) is 6.10 Å². The van der Waals surface area contributed by atoms with Crippen molar-refractivity contribution in [2.24, 2.45) is 0 Å². The number of amides is 1. The summed E-state index contributed by atoms with van der Waals surface area (Å²) in [5.41, 5.74) is 0. The fraction of sp³-hybridized carbons (Fsp3) is 0.695. The van der Waals surface area contributed by atoms with Crippen LogP contribution in [0.5, 0.6) is 0 Å². The summed E-state index contributed by atoms with van der Waals surface area (Å²) < 4.78 is 5.91. The Morgan fingerprint density at radius 2 is 0.831 bits per heavy atom. The van der Waals surface area contributed by atoms with Gasteiger partial charge >= 0.3 is 5.97 Å². The van der Waals surface area contributed by atoms with E-state index in [-0.39, 0.29) is 24.9 Å². The fourth-order valence-corrected chi connectivity index (χ4v) is 7.58. The van der Waals surface area contributed by atoms with E-state index in [2.05, 4.69) is 123 Å². The number of aliphatic hydroxyl groups excluding tert-OH is 2. The van der Waals surface area contributed by atoms with E-state index in [1.54, 1.807) is 0 Å². The van der Waals surface area contributed by atoms with Gasteiger partial charge in [0.2, 0.25) is 5.91 Å². The van der Waals surface area contributed by atoms with Crippen molar-refractivity contribution < 1.29 is 24.5 Å². The molecule has 0 saturated heterocycles. The molecular weight excluding hydrogens is 803 g/mol. The Labute approximate surface area is 401 Å². The lowest BCUT2D eigenvalue weighted by molar-refractivity contribution is -0.151. The van der Waals surface area contributed by atoms with Crippen LogP contribution >= 0.6 is 0 Å². The summed E-state index contributed by atoms with van der Waals surface area (Å²) in [6.45, 7) is 6.32. The summed E-state index contributed by atoms with van der Waals surface area (Å²) in [7, 11) is 0. The number of hydrogen-bond acceptors (Lipinski definition) is 5. The van der Waals surface area contributed by atoms with Crippen LogP contribution in [0.2, 0.25) is 0 Å². The second kappa shape index (κ2) is 51.8. The lowest BCUT2D eigenvalue weighted by Crippen LogP contribution is -2.46. The zero-order valence-electron chi connectivity index (χ0n) is 42.3. The average Bonchev–Trinajstić information content (AvgIpc) is 3.30. The average molecular weight is 904 g/mol. The van der Waals surface area contributed by atoms with Crippen LogP contribution in [-0.2, 0) is 14.3 Å². The molecule has 0 aromatic rings. The molecule has 0 rings (SSSR count). The Balaban J connectivity index is 4.72. The number of ether oxygens (including phenoxy) is 1. The second-order valence-electron chi connectivity index (χ2n) is 17.9. The zero-order valence-corrected chi connectivity index (χ0v) is 42.3. The van der Waals surface area contributed by atoms with Crippen LogP contribution in [-0.4, -0.2) is 46.9 Å². The Kier molecular flexibility index (Phi) is 49.2. The quantitative estimate of drug-likeness (QED) is 0.0321. The first-order valence-corrected chi connectivity index (χ1v) is 27.0. The van der Waals surface area contributed by atoms with E-state index in [1.807, 2.05) is 0 Å². The maximum atomic E-state index is 13.2. The van der Waals surface area contributed by atoms with Crippen molar-refractivity contribution in [3.05, 3.63) is 97.2 Å². The minimum atomic E-state index is -0.809. The SMILES string of the molecule is CC/C=C\C/C=C\C/C=C\C/C=C\C/C=C\CCCCCC(=O)OC(CCCC/C=C\C/C=C\C/C=C\CCCCC)CC(=O)NC(CO)C(O)CCCCCCCCCCCCCC. The van der Waals surface area contributed by atoms with E-state index in [9.17, 15) is 19.8 Å². The maximum absolute atomic E-state index is 13.2. The molecule has 6 nitrogen and oxygen atoms in total. The van der Waals surface area contributed by atoms with Gasteiger partial charge in [0.05, 0.1) is 25.2 Å². The monoisotopic (exact) mass is 904 g/mol. The molecule has 0 aliphatic heterocycles. The van der Waals surface area contributed by atoms with Crippen molar-refractivity contribution in [1.29, 1.82) is 0 Å². The first kappa shape index (κ1) is 61.8. The first-order chi connectivity index (χ1) is 32.0. The van der Waals surface area contributed by atoms with Crippen LogP contribution in [0.1, 0.15) is 239 Å². The Morgan fingerprint density at radius 1 is 0.462 bits per heavy atom. The van der Waals surface area contributed by atoms with E-state index >= 15 is 0 Å². The third-order valence-electron chi connectivity index (χ3n) is 11.6.